The number of carbonyl (C=O) groups excluding carboxylic acids is 2. The minimum absolute atomic E-state index is 0.0172. The number of amides is 2. The van der Waals surface area contributed by atoms with E-state index in [0.717, 1.165) is 32.1 Å². The van der Waals surface area contributed by atoms with Gasteiger partial charge in [-0.15, -0.1) is 0 Å². The van der Waals surface area contributed by atoms with Gasteiger partial charge in [0.25, 0.3) is 11.8 Å². The lowest BCUT2D eigenvalue weighted by Crippen LogP contribution is -2.61. The Kier molecular flexibility index (Phi) is 8.70. The van der Waals surface area contributed by atoms with Crippen molar-refractivity contribution in [2.75, 3.05) is 37.7 Å². The van der Waals surface area contributed by atoms with E-state index in [4.69, 9.17) is 16.3 Å². The van der Waals surface area contributed by atoms with E-state index in [9.17, 15) is 26.8 Å². The number of likely N-dealkylation sites (tertiary alicyclic amines) is 1. The number of sulfonamides is 1. The Morgan fingerprint density at radius 2 is 1.81 bits per heavy atom. The van der Waals surface area contributed by atoms with Crippen molar-refractivity contribution < 1.29 is 31.5 Å². The lowest BCUT2D eigenvalue weighted by atomic mass is 9.64. The summed E-state index contributed by atoms with van der Waals surface area (Å²) in [5, 5.41) is -0.162. The maximum absolute atomic E-state index is 13.9. The van der Waals surface area contributed by atoms with Crippen LogP contribution >= 0.6 is 11.6 Å². The van der Waals surface area contributed by atoms with Crippen molar-refractivity contribution in [1.82, 2.24) is 9.62 Å². The lowest BCUT2D eigenvalue weighted by Gasteiger charge is -2.48. The first kappa shape index (κ1) is 33.6. The van der Waals surface area contributed by atoms with E-state index in [1.54, 1.807) is 25.1 Å². The van der Waals surface area contributed by atoms with Crippen molar-refractivity contribution in [3.8, 4) is 5.75 Å². The summed E-state index contributed by atoms with van der Waals surface area (Å²) in [7, 11) is -4.01. The maximum atomic E-state index is 13.9. The van der Waals surface area contributed by atoms with Gasteiger partial charge in [0.1, 0.15) is 5.75 Å². The Morgan fingerprint density at radius 1 is 1.02 bits per heavy atom. The number of carbonyl (C=O) groups is 2. The van der Waals surface area contributed by atoms with Crippen LogP contribution in [0.4, 0.5) is 14.5 Å². The van der Waals surface area contributed by atoms with Crippen molar-refractivity contribution in [2.24, 2.45) is 23.7 Å². The number of nitrogens with zero attached hydrogens (tertiary/aromatic N) is 2. The molecule has 12 heteroatoms. The summed E-state index contributed by atoms with van der Waals surface area (Å²) in [5.41, 5.74) is 2.98. The van der Waals surface area contributed by atoms with Crippen LogP contribution < -0.4 is 14.4 Å². The van der Waals surface area contributed by atoms with Crippen molar-refractivity contribution in [3.05, 3.63) is 58.1 Å². The number of hydrogen-bond donors (Lipinski definition) is 1. The van der Waals surface area contributed by atoms with E-state index in [-0.39, 0.29) is 34.6 Å². The summed E-state index contributed by atoms with van der Waals surface area (Å²) in [6, 6.07) is 11.1. The molecule has 2 bridgehead atoms. The zero-order chi connectivity index (χ0) is 34.0. The normalized spacial score (nSPS) is 32.8. The number of ether oxygens (including phenoxy) is 1. The summed E-state index contributed by atoms with van der Waals surface area (Å²) in [4.78, 5) is 30.8. The first-order valence-electron chi connectivity index (χ1n) is 17.3. The van der Waals surface area contributed by atoms with Gasteiger partial charge >= 0.3 is 0 Å². The van der Waals surface area contributed by atoms with Crippen LogP contribution in [0.3, 0.4) is 0 Å². The maximum Gasteiger partial charge on any atom is 0.282 e. The second-order valence-corrected chi connectivity index (χ2v) is 17.5. The Morgan fingerprint density at radius 3 is 2.54 bits per heavy atom. The van der Waals surface area contributed by atoms with Gasteiger partial charge in [-0.2, -0.15) is 0 Å². The van der Waals surface area contributed by atoms with Crippen LogP contribution in [-0.2, 0) is 26.7 Å². The SMILES string of the molecule is C[C@@H]1[C@@H](C)CCC[C@H](C(=O)N2CC(F)(F)C2)[C@@H]2CC[C@H]2CN2C[C@@]3(CCCc4cc(Cl)ccc43)COc3ccc(cc32)C(=O)NS1(=O)=O. The fourth-order valence-electron chi connectivity index (χ4n) is 8.79. The Labute approximate surface area is 286 Å². The number of halogens is 3. The van der Waals surface area contributed by atoms with Gasteiger partial charge in [-0.25, -0.2) is 21.9 Å². The van der Waals surface area contributed by atoms with Crippen LogP contribution in [0.2, 0.25) is 5.02 Å². The summed E-state index contributed by atoms with van der Waals surface area (Å²) < 4.78 is 63.4. The fourth-order valence-corrected chi connectivity index (χ4v) is 10.3. The molecule has 2 amide bonds. The van der Waals surface area contributed by atoms with Crippen LogP contribution in [0.5, 0.6) is 5.75 Å². The molecule has 2 aliphatic carbocycles. The van der Waals surface area contributed by atoms with Crippen molar-refractivity contribution in [1.29, 1.82) is 0 Å². The zero-order valence-electron chi connectivity index (χ0n) is 27.5. The van der Waals surface area contributed by atoms with Gasteiger partial charge in [0.15, 0.2) is 0 Å². The van der Waals surface area contributed by atoms with Crippen LogP contribution in [0.1, 0.15) is 80.3 Å². The fraction of sp³-hybridized carbons (Fsp3) is 0.611. The number of benzene rings is 2. The number of hydrogen-bond acceptors (Lipinski definition) is 6. The molecule has 48 heavy (non-hydrogen) atoms. The Bertz CT molecular complexity index is 1710. The molecule has 3 aliphatic heterocycles. The minimum Gasteiger partial charge on any atom is -0.490 e. The molecule has 260 valence electrons. The molecule has 2 aromatic rings. The minimum atomic E-state index is -4.01. The Hall–Kier alpha value is -2.92. The van der Waals surface area contributed by atoms with Crippen LogP contribution in [0.15, 0.2) is 36.4 Å². The molecule has 0 aromatic heterocycles. The van der Waals surface area contributed by atoms with E-state index < -0.39 is 46.1 Å². The predicted octanol–water partition coefficient (Wildman–Crippen LogP) is 6.20. The van der Waals surface area contributed by atoms with Gasteiger partial charge in [-0.1, -0.05) is 31.0 Å². The molecule has 8 nitrogen and oxygen atoms in total. The molecule has 0 radical (unpaired) electrons. The highest BCUT2D eigenvalue weighted by Crippen LogP contribution is 2.48. The highest BCUT2D eigenvalue weighted by atomic mass is 35.5. The summed E-state index contributed by atoms with van der Waals surface area (Å²) >= 11 is 6.41. The van der Waals surface area contributed by atoms with E-state index in [0.29, 0.717) is 55.4 Å². The van der Waals surface area contributed by atoms with Gasteiger partial charge in [-0.05, 0) is 111 Å². The topological polar surface area (TPSA) is 96.0 Å². The third kappa shape index (κ3) is 6.18. The number of nitrogens with one attached hydrogen (secondary N) is 1. The Balaban J connectivity index is 1.28. The molecule has 2 fully saturated rings. The van der Waals surface area contributed by atoms with E-state index in [1.165, 1.54) is 16.0 Å². The number of alkyl halides is 2. The number of aryl methyl sites for hydroxylation is 1. The van der Waals surface area contributed by atoms with Gasteiger partial charge in [-0.3, -0.25) is 9.59 Å². The molecule has 6 atom stereocenters. The first-order valence-corrected chi connectivity index (χ1v) is 19.2. The van der Waals surface area contributed by atoms with E-state index in [1.807, 2.05) is 19.1 Å². The second-order valence-electron chi connectivity index (χ2n) is 15.0. The lowest BCUT2D eigenvalue weighted by molar-refractivity contribution is -0.173. The summed E-state index contributed by atoms with van der Waals surface area (Å²) in [6.45, 7) is 3.97. The summed E-state index contributed by atoms with van der Waals surface area (Å²) in [5.74, 6) is -3.67. The summed E-state index contributed by atoms with van der Waals surface area (Å²) in [6.07, 6.45) is 6.14. The number of rotatable bonds is 1. The third-order valence-electron chi connectivity index (χ3n) is 11.9. The first-order chi connectivity index (χ1) is 22.8. The highest BCUT2D eigenvalue weighted by Gasteiger charge is 2.51. The van der Waals surface area contributed by atoms with Gasteiger partial charge in [0.05, 0.1) is 30.6 Å². The monoisotopic (exact) mass is 703 g/mol. The quantitative estimate of drug-likeness (QED) is 0.380. The molecule has 1 spiro atoms. The van der Waals surface area contributed by atoms with E-state index >= 15 is 0 Å². The molecule has 1 N–H and O–H groups in total. The number of fused-ring (bicyclic) bond motifs is 4. The molecular formula is C36H44ClF2N3O5S. The molecule has 1 saturated carbocycles. The predicted molar refractivity (Wildman–Crippen MR) is 180 cm³/mol. The van der Waals surface area contributed by atoms with Crippen molar-refractivity contribution in [2.45, 2.75) is 81.8 Å². The average molecular weight is 704 g/mol. The van der Waals surface area contributed by atoms with Gasteiger partial charge in [0.2, 0.25) is 15.9 Å². The van der Waals surface area contributed by atoms with E-state index in [2.05, 4.69) is 15.7 Å². The standard InChI is InChI=1S/C36H44ClF2N3O5S/c1-22-5-3-7-29(34(44)42-19-36(38,39)20-42)28-11-8-26(28)17-41-18-35(14-4-6-24-15-27(37)10-12-30(24)35)21-47-32-13-9-25(16-31(32)41)33(43)40-48(45,46)23(22)2/h9-10,12-13,15-16,22-23,26,28-29H,3-8,11,14,17-21H2,1-2H3,(H,40,43)/t22-,23+,26-,28+,29-,35-/m0/s1. The van der Waals surface area contributed by atoms with Crippen molar-refractivity contribution in [3.63, 3.8) is 0 Å². The molecule has 3 heterocycles. The molecular weight excluding hydrogens is 660 g/mol. The third-order valence-corrected chi connectivity index (χ3v) is 14.1. The van der Waals surface area contributed by atoms with Crippen LogP contribution in [0, 0.1) is 23.7 Å². The largest absolute Gasteiger partial charge is 0.490 e. The molecule has 1 saturated heterocycles. The number of anilines is 1. The van der Waals surface area contributed by atoms with Crippen LogP contribution in [-0.4, -0.2) is 69.1 Å². The molecule has 7 rings (SSSR count). The zero-order valence-corrected chi connectivity index (χ0v) is 29.1. The molecule has 2 aromatic carbocycles. The van der Waals surface area contributed by atoms with Gasteiger partial charge < -0.3 is 14.5 Å². The molecule has 0 unspecified atom stereocenters. The smallest absolute Gasteiger partial charge is 0.282 e. The average Bonchev–Trinajstić information content (AvgIpc) is 3.16. The molecule has 5 aliphatic rings. The van der Waals surface area contributed by atoms with Crippen LogP contribution in [0.25, 0.3) is 0 Å². The highest BCUT2D eigenvalue weighted by molar-refractivity contribution is 7.90. The van der Waals surface area contributed by atoms with Crippen molar-refractivity contribution >= 4 is 39.1 Å². The second kappa shape index (κ2) is 12.4. The van der Waals surface area contributed by atoms with Gasteiger partial charge in [0, 0.05) is 35.0 Å².